The number of imidazole rings is 1. The number of aromatic nitrogens is 2. The van der Waals surface area contributed by atoms with E-state index in [1.807, 2.05) is 0 Å². The second kappa shape index (κ2) is 7.69. The van der Waals surface area contributed by atoms with Gasteiger partial charge in [-0.2, -0.15) is 0 Å². The number of amides is 1. The summed E-state index contributed by atoms with van der Waals surface area (Å²) in [6.45, 7) is 3.82. The molecule has 0 bridgehead atoms. The molecule has 1 aliphatic heterocycles. The van der Waals surface area contributed by atoms with Crippen LogP contribution in [0.2, 0.25) is 0 Å². The molecule has 1 saturated carbocycles. The quantitative estimate of drug-likeness (QED) is 0.699. The van der Waals surface area contributed by atoms with E-state index in [1.54, 1.807) is 0 Å². The van der Waals surface area contributed by atoms with Gasteiger partial charge in [0.1, 0.15) is 5.82 Å². The molecule has 1 amide bonds. The fourth-order valence-electron chi connectivity index (χ4n) is 4.48. The average Bonchev–Trinajstić information content (AvgIpc) is 3.06. The number of benzene rings is 1. The maximum Gasteiger partial charge on any atom is 0.253 e. The Morgan fingerprint density at radius 3 is 2.70 bits per heavy atom. The number of carbonyl (C=O) groups is 1. The van der Waals surface area contributed by atoms with Gasteiger partial charge in [0.2, 0.25) is 0 Å². The highest BCUT2D eigenvalue weighted by Crippen LogP contribution is 2.34. The number of hydrogen-bond donors (Lipinski definition) is 3. The summed E-state index contributed by atoms with van der Waals surface area (Å²) in [7, 11) is 0. The molecule has 2 heterocycles. The molecule has 3 N–H and O–H groups in total. The normalized spacial score (nSPS) is 20.6. The summed E-state index contributed by atoms with van der Waals surface area (Å²) >= 11 is 5.09. The van der Waals surface area contributed by atoms with E-state index >= 15 is 0 Å². The Morgan fingerprint density at radius 2 is 1.96 bits per heavy atom. The SMILES string of the molecule is O=C(NCC1(N2CCOCC2)CCCCC1)c1cc(F)cc2[nH]c(=S)[nH]c12. The summed E-state index contributed by atoms with van der Waals surface area (Å²) in [5.41, 5.74) is 1.30. The number of aromatic amines is 2. The van der Waals surface area contributed by atoms with Crippen molar-refractivity contribution >= 4 is 29.2 Å². The number of rotatable bonds is 4. The van der Waals surface area contributed by atoms with E-state index < -0.39 is 5.82 Å². The highest BCUT2D eigenvalue weighted by atomic mass is 32.1. The lowest BCUT2D eigenvalue weighted by Crippen LogP contribution is -2.59. The predicted molar refractivity (Wildman–Crippen MR) is 104 cm³/mol. The van der Waals surface area contributed by atoms with Crippen LogP contribution in [0.15, 0.2) is 12.1 Å². The van der Waals surface area contributed by atoms with Crippen LogP contribution in [-0.4, -0.2) is 59.2 Å². The van der Waals surface area contributed by atoms with Gasteiger partial charge in [-0.3, -0.25) is 9.69 Å². The van der Waals surface area contributed by atoms with Gasteiger partial charge in [0, 0.05) is 25.2 Å². The van der Waals surface area contributed by atoms with Gasteiger partial charge in [-0.05, 0) is 37.2 Å². The van der Waals surface area contributed by atoms with Gasteiger partial charge >= 0.3 is 0 Å². The maximum absolute atomic E-state index is 14.0. The number of carbonyl (C=O) groups excluding carboxylic acids is 1. The van der Waals surface area contributed by atoms with Crippen molar-refractivity contribution in [2.45, 2.75) is 37.6 Å². The largest absolute Gasteiger partial charge is 0.379 e. The molecule has 1 aliphatic carbocycles. The van der Waals surface area contributed by atoms with Crippen molar-refractivity contribution in [2.75, 3.05) is 32.8 Å². The topological polar surface area (TPSA) is 73.2 Å². The number of nitrogens with one attached hydrogen (secondary N) is 3. The number of ether oxygens (including phenoxy) is 1. The third-order valence-corrected chi connectivity index (χ3v) is 6.08. The Bertz CT molecular complexity index is 881. The number of nitrogens with zero attached hydrogens (tertiary/aromatic N) is 1. The Balaban J connectivity index is 1.56. The van der Waals surface area contributed by atoms with Crippen molar-refractivity contribution in [1.82, 2.24) is 20.2 Å². The van der Waals surface area contributed by atoms with Crippen molar-refractivity contribution in [3.8, 4) is 0 Å². The molecule has 1 saturated heterocycles. The Kier molecular flexibility index (Phi) is 5.29. The summed E-state index contributed by atoms with van der Waals surface area (Å²) in [4.78, 5) is 21.2. The van der Waals surface area contributed by atoms with Gasteiger partial charge in [-0.25, -0.2) is 4.39 Å². The van der Waals surface area contributed by atoms with Crippen LogP contribution in [0.1, 0.15) is 42.5 Å². The molecule has 2 fully saturated rings. The van der Waals surface area contributed by atoms with E-state index in [-0.39, 0.29) is 17.0 Å². The summed E-state index contributed by atoms with van der Waals surface area (Å²) in [5.74, 6) is -0.735. The smallest absolute Gasteiger partial charge is 0.253 e. The number of morpholine rings is 1. The van der Waals surface area contributed by atoms with Crippen LogP contribution in [0.3, 0.4) is 0 Å². The predicted octanol–water partition coefficient (Wildman–Crippen LogP) is 3.13. The third kappa shape index (κ3) is 3.79. The van der Waals surface area contributed by atoms with Gasteiger partial charge in [-0.15, -0.1) is 0 Å². The second-order valence-corrected chi connectivity index (χ2v) is 7.93. The highest BCUT2D eigenvalue weighted by molar-refractivity contribution is 7.71. The standard InChI is InChI=1S/C19H25FN4O2S/c20-13-10-14(16-15(11-13)22-18(27)23-16)17(25)21-12-19(4-2-1-3-5-19)24-6-8-26-9-7-24/h10-11H,1-9,12H2,(H,21,25)(H2,22,23,27). The molecular weight excluding hydrogens is 367 g/mol. The second-order valence-electron chi connectivity index (χ2n) is 7.52. The zero-order chi connectivity index (χ0) is 18.9. The van der Waals surface area contributed by atoms with Crippen molar-refractivity contribution < 1.29 is 13.9 Å². The van der Waals surface area contributed by atoms with Gasteiger partial charge < -0.3 is 20.0 Å². The van der Waals surface area contributed by atoms with Gasteiger partial charge in [0.15, 0.2) is 4.77 Å². The Morgan fingerprint density at radius 1 is 1.22 bits per heavy atom. The van der Waals surface area contributed by atoms with Gasteiger partial charge in [0.05, 0.1) is 29.8 Å². The van der Waals surface area contributed by atoms with Crippen LogP contribution >= 0.6 is 12.2 Å². The molecule has 4 rings (SSSR count). The average molecular weight is 392 g/mol. The number of hydrogen-bond acceptors (Lipinski definition) is 4. The van der Waals surface area contributed by atoms with Crippen molar-refractivity contribution in [3.63, 3.8) is 0 Å². The molecule has 8 heteroatoms. The molecule has 0 spiro atoms. The van der Waals surface area contributed by atoms with E-state index in [0.717, 1.165) is 39.1 Å². The molecule has 0 unspecified atom stereocenters. The molecule has 1 aromatic carbocycles. The fourth-order valence-corrected chi connectivity index (χ4v) is 4.69. The number of H-pyrrole nitrogens is 2. The van der Waals surface area contributed by atoms with E-state index in [9.17, 15) is 9.18 Å². The van der Waals surface area contributed by atoms with Gasteiger partial charge in [0.25, 0.3) is 5.91 Å². The first-order chi connectivity index (χ1) is 13.1. The van der Waals surface area contributed by atoms with Crippen LogP contribution in [0, 0.1) is 10.6 Å². The maximum atomic E-state index is 14.0. The molecule has 0 radical (unpaired) electrons. The lowest BCUT2D eigenvalue weighted by molar-refractivity contribution is -0.0361. The first-order valence-corrected chi connectivity index (χ1v) is 10.0. The minimum absolute atomic E-state index is 0.0326. The monoisotopic (exact) mass is 392 g/mol. The van der Waals surface area contributed by atoms with Crippen molar-refractivity contribution in [1.29, 1.82) is 0 Å². The fraction of sp³-hybridized carbons (Fsp3) is 0.579. The van der Waals surface area contributed by atoms with E-state index in [0.29, 0.717) is 22.3 Å². The molecule has 0 atom stereocenters. The lowest BCUT2D eigenvalue weighted by atomic mass is 9.79. The first-order valence-electron chi connectivity index (χ1n) is 9.60. The summed E-state index contributed by atoms with van der Waals surface area (Å²) in [6, 6.07) is 2.60. The summed E-state index contributed by atoms with van der Waals surface area (Å²) < 4.78 is 19.8. The van der Waals surface area contributed by atoms with E-state index in [4.69, 9.17) is 17.0 Å². The van der Waals surface area contributed by atoms with E-state index in [2.05, 4.69) is 20.2 Å². The highest BCUT2D eigenvalue weighted by Gasteiger charge is 2.39. The van der Waals surface area contributed by atoms with Crippen LogP contribution < -0.4 is 5.32 Å². The van der Waals surface area contributed by atoms with Crippen LogP contribution in [-0.2, 0) is 4.74 Å². The van der Waals surface area contributed by atoms with Crippen LogP contribution in [0.25, 0.3) is 11.0 Å². The lowest BCUT2D eigenvalue weighted by Gasteiger charge is -2.48. The zero-order valence-electron chi connectivity index (χ0n) is 15.3. The summed E-state index contributed by atoms with van der Waals surface area (Å²) in [5, 5.41) is 3.08. The Hall–Kier alpha value is -1.77. The molecule has 27 heavy (non-hydrogen) atoms. The zero-order valence-corrected chi connectivity index (χ0v) is 16.1. The molecular formula is C19H25FN4O2S. The molecule has 2 aromatic rings. The minimum Gasteiger partial charge on any atom is -0.379 e. The number of fused-ring (bicyclic) bond motifs is 1. The number of halogens is 1. The Labute approximate surface area is 162 Å². The van der Waals surface area contributed by atoms with E-state index in [1.165, 1.54) is 31.4 Å². The minimum atomic E-state index is -0.460. The molecule has 146 valence electrons. The molecule has 2 aliphatic rings. The summed E-state index contributed by atoms with van der Waals surface area (Å²) in [6.07, 6.45) is 5.71. The molecule has 6 nitrogen and oxygen atoms in total. The van der Waals surface area contributed by atoms with Crippen molar-refractivity contribution in [2.24, 2.45) is 0 Å². The molecule has 1 aromatic heterocycles. The first kappa shape index (κ1) is 18.6. The van der Waals surface area contributed by atoms with Crippen LogP contribution in [0.4, 0.5) is 4.39 Å². The van der Waals surface area contributed by atoms with Crippen molar-refractivity contribution in [3.05, 3.63) is 28.3 Å². The van der Waals surface area contributed by atoms with Gasteiger partial charge in [-0.1, -0.05) is 19.3 Å². The van der Waals surface area contributed by atoms with Crippen LogP contribution in [0.5, 0.6) is 0 Å². The third-order valence-electron chi connectivity index (χ3n) is 5.88.